The van der Waals surface area contributed by atoms with Crippen LogP contribution in [0.1, 0.15) is 46.0 Å². The highest BCUT2D eigenvalue weighted by Gasteiger charge is 2.07. The summed E-state index contributed by atoms with van der Waals surface area (Å²) in [6, 6.07) is 0.625. The van der Waals surface area contributed by atoms with Crippen molar-refractivity contribution >= 4 is 14.7 Å². The summed E-state index contributed by atoms with van der Waals surface area (Å²) in [4.78, 5) is 11.5. The number of carbonyl (C=O) groups excluding carboxylic acids is 1. The van der Waals surface area contributed by atoms with Gasteiger partial charge in [0.2, 0.25) is 0 Å². The lowest BCUT2D eigenvalue weighted by atomic mass is 9.99. The number of nitrogens with one attached hydrogen (secondary N) is 2. The molecule has 0 saturated heterocycles. The highest BCUT2D eigenvalue weighted by molar-refractivity contribution is 6.40. The Morgan fingerprint density at radius 3 is 2.50 bits per heavy atom. The molecule has 0 bridgehead atoms. The lowest BCUT2D eigenvalue weighted by Crippen LogP contribution is -2.38. The van der Waals surface area contributed by atoms with Gasteiger partial charge in [0.25, 0.3) is 8.68 Å². The van der Waals surface area contributed by atoms with E-state index in [4.69, 9.17) is 0 Å². The number of hydrogen-bond donors (Lipinski definition) is 2. The van der Waals surface area contributed by atoms with Crippen molar-refractivity contribution in [2.75, 3.05) is 13.1 Å². The van der Waals surface area contributed by atoms with Gasteiger partial charge in [-0.1, -0.05) is 33.1 Å². The average Bonchev–Trinajstić information content (AvgIpc) is 2.34. The number of amides is 2. The van der Waals surface area contributed by atoms with Gasteiger partial charge >= 0.3 is 6.03 Å². The van der Waals surface area contributed by atoms with Crippen LogP contribution in [0.3, 0.4) is 0 Å². The normalized spacial score (nSPS) is 11.9. The van der Waals surface area contributed by atoms with Crippen LogP contribution >= 0.6 is 0 Å². The van der Waals surface area contributed by atoms with Crippen LogP contribution in [0.2, 0.25) is 12.6 Å². The van der Waals surface area contributed by atoms with Crippen LogP contribution in [0.5, 0.6) is 0 Å². The molecule has 5 heteroatoms. The molecule has 2 amide bonds. The lowest BCUT2D eigenvalue weighted by molar-refractivity contribution is 0.238. The van der Waals surface area contributed by atoms with Crippen molar-refractivity contribution in [3.63, 3.8) is 0 Å². The van der Waals surface area contributed by atoms with Gasteiger partial charge in [-0.15, -0.1) is 0 Å². The Morgan fingerprint density at radius 2 is 1.94 bits per heavy atom. The summed E-state index contributed by atoms with van der Waals surface area (Å²) in [6.07, 6.45) is 5.53. The molecule has 0 aromatic rings. The SMILES string of the molecule is CCCCC(CC)CNC(=O)NCCC[Si](C)=O. The molecule has 0 fully saturated rings. The Labute approximate surface area is 113 Å². The van der Waals surface area contributed by atoms with Gasteiger partial charge < -0.3 is 15.1 Å². The van der Waals surface area contributed by atoms with Crippen molar-refractivity contribution < 1.29 is 9.26 Å². The zero-order valence-electron chi connectivity index (χ0n) is 12.1. The molecule has 0 aliphatic heterocycles. The van der Waals surface area contributed by atoms with Gasteiger partial charge in [-0.2, -0.15) is 0 Å². The second-order valence-electron chi connectivity index (χ2n) is 4.86. The lowest BCUT2D eigenvalue weighted by Gasteiger charge is -2.15. The van der Waals surface area contributed by atoms with E-state index < -0.39 is 8.68 Å². The summed E-state index contributed by atoms with van der Waals surface area (Å²) in [5, 5.41) is 5.71. The van der Waals surface area contributed by atoms with Crippen molar-refractivity contribution in [3.8, 4) is 0 Å². The van der Waals surface area contributed by atoms with Crippen molar-refractivity contribution in [2.24, 2.45) is 5.92 Å². The quantitative estimate of drug-likeness (QED) is 0.474. The highest BCUT2D eigenvalue weighted by Crippen LogP contribution is 2.10. The molecule has 0 aliphatic carbocycles. The van der Waals surface area contributed by atoms with Crippen LogP contribution in [0.25, 0.3) is 0 Å². The second kappa shape index (κ2) is 11.4. The molecule has 1 atom stereocenters. The first-order valence-electron chi connectivity index (χ1n) is 7.11. The summed E-state index contributed by atoms with van der Waals surface area (Å²) < 4.78 is 10.9. The number of carbonyl (C=O) groups is 1. The largest absolute Gasteiger partial charge is 0.389 e. The Hall–Kier alpha value is -0.713. The van der Waals surface area contributed by atoms with E-state index in [0.717, 1.165) is 25.4 Å². The summed E-state index contributed by atoms with van der Waals surface area (Å²) in [7, 11) is -1.39. The number of rotatable bonds is 10. The van der Waals surface area contributed by atoms with Crippen molar-refractivity contribution in [2.45, 2.75) is 58.5 Å². The Morgan fingerprint density at radius 1 is 1.22 bits per heavy atom. The van der Waals surface area contributed by atoms with E-state index in [-0.39, 0.29) is 6.03 Å². The molecule has 106 valence electrons. The summed E-state index contributed by atoms with van der Waals surface area (Å²) in [5.41, 5.74) is 0. The molecule has 2 N–H and O–H groups in total. The van der Waals surface area contributed by atoms with E-state index in [1.54, 1.807) is 6.55 Å². The van der Waals surface area contributed by atoms with Gasteiger partial charge in [-0.25, -0.2) is 4.79 Å². The zero-order chi connectivity index (χ0) is 13.8. The van der Waals surface area contributed by atoms with Crippen molar-refractivity contribution in [1.29, 1.82) is 0 Å². The number of hydrogen-bond acceptors (Lipinski definition) is 2. The molecule has 0 spiro atoms. The number of unbranched alkanes of at least 4 members (excludes halogenated alkanes) is 1. The van der Waals surface area contributed by atoms with E-state index in [9.17, 15) is 9.26 Å². The molecule has 0 heterocycles. The predicted octanol–water partition coefficient (Wildman–Crippen LogP) is 2.94. The van der Waals surface area contributed by atoms with Gasteiger partial charge in [0.05, 0.1) is 0 Å². The maximum Gasteiger partial charge on any atom is 0.314 e. The maximum atomic E-state index is 11.5. The minimum Gasteiger partial charge on any atom is -0.389 e. The highest BCUT2D eigenvalue weighted by atomic mass is 28.3. The van der Waals surface area contributed by atoms with Crippen molar-refractivity contribution in [3.05, 3.63) is 0 Å². The first-order chi connectivity index (χ1) is 8.60. The molecule has 0 aliphatic rings. The first kappa shape index (κ1) is 17.3. The second-order valence-corrected chi connectivity index (χ2v) is 6.76. The van der Waals surface area contributed by atoms with E-state index in [2.05, 4.69) is 24.5 Å². The van der Waals surface area contributed by atoms with Crippen LogP contribution in [0, 0.1) is 5.92 Å². The fourth-order valence-electron chi connectivity index (χ4n) is 1.78. The van der Waals surface area contributed by atoms with Crippen LogP contribution in [0.4, 0.5) is 4.79 Å². The fraction of sp³-hybridized carbons (Fsp3) is 0.923. The summed E-state index contributed by atoms with van der Waals surface area (Å²) >= 11 is 0. The van der Waals surface area contributed by atoms with Gasteiger partial charge in [0.1, 0.15) is 0 Å². The van der Waals surface area contributed by atoms with E-state index in [1.807, 2.05) is 0 Å². The molecule has 0 aromatic carbocycles. The smallest absolute Gasteiger partial charge is 0.314 e. The minimum absolute atomic E-state index is 0.0966. The minimum atomic E-state index is -1.39. The van der Waals surface area contributed by atoms with Crippen LogP contribution in [-0.2, 0) is 4.46 Å². The predicted molar refractivity (Wildman–Crippen MR) is 76.4 cm³/mol. The molecule has 1 unspecified atom stereocenters. The molecule has 0 aromatic heterocycles. The van der Waals surface area contributed by atoms with Gasteiger partial charge in [0.15, 0.2) is 0 Å². The Kier molecular flexibility index (Phi) is 10.9. The van der Waals surface area contributed by atoms with Crippen LogP contribution in [0.15, 0.2) is 0 Å². The van der Waals surface area contributed by atoms with Crippen LogP contribution in [-0.4, -0.2) is 27.8 Å². The summed E-state index contributed by atoms with van der Waals surface area (Å²) in [6.45, 7) is 7.48. The topological polar surface area (TPSA) is 58.2 Å². The number of urea groups is 1. The maximum absolute atomic E-state index is 11.5. The molecule has 18 heavy (non-hydrogen) atoms. The van der Waals surface area contributed by atoms with E-state index >= 15 is 0 Å². The molecule has 0 rings (SSSR count). The third-order valence-corrected chi connectivity index (χ3v) is 4.14. The zero-order valence-corrected chi connectivity index (χ0v) is 13.1. The first-order valence-corrected chi connectivity index (χ1v) is 9.22. The standard InChI is InChI=1S/C13H28N2O2Si/c1-4-6-8-12(5-2)11-15-13(16)14-9-7-10-18(3)17/h12H,4-11H2,1-3H3,(H2,14,15,16). The summed E-state index contributed by atoms with van der Waals surface area (Å²) in [5.74, 6) is 0.586. The third kappa shape index (κ3) is 10.4. The van der Waals surface area contributed by atoms with Gasteiger partial charge in [-0.3, -0.25) is 0 Å². The molecular formula is C13H28N2O2Si. The van der Waals surface area contributed by atoms with E-state index in [0.29, 0.717) is 12.5 Å². The monoisotopic (exact) mass is 272 g/mol. The average molecular weight is 272 g/mol. The molecule has 0 radical (unpaired) electrons. The Balaban J connectivity index is 3.58. The van der Waals surface area contributed by atoms with Gasteiger partial charge in [-0.05, 0) is 31.4 Å². The molecule has 0 saturated carbocycles. The van der Waals surface area contributed by atoms with E-state index in [1.165, 1.54) is 19.3 Å². The molecular weight excluding hydrogens is 244 g/mol. The van der Waals surface area contributed by atoms with Gasteiger partial charge in [0, 0.05) is 13.1 Å². The van der Waals surface area contributed by atoms with Crippen LogP contribution < -0.4 is 10.6 Å². The fourth-order valence-corrected chi connectivity index (χ4v) is 2.46. The molecule has 4 nitrogen and oxygen atoms in total. The van der Waals surface area contributed by atoms with Crippen molar-refractivity contribution in [1.82, 2.24) is 10.6 Å². The Bertz CT molecular complexity index is 247. The third-order valence-electron chi connectivity index (χ3n) is 3.09.